The molecule has 166 valence electrons. The summed E-state index contributed by atoms with van der Waals surface area (Å²) in [4.78, 5) is 16.2. The summed E-state index contributed by atoms with van der Waals surface area (Å²) in [5.41, 5.74) is -0.403. The maximum Gasteiger partial charge on any atom is 0.407 e. The second-order valence-electron chi connectivity index (χ2n) is 9.38. The molecule has 0 bridgehead atoms. The first-order valence-electron chi connectivity index (χ1n) is 9.94. The predicted molar refractivity (Wildman–Crippen MR) is 126 cm³/mol. The van der Waals surface area contributed by atoms with E-state index in [1.54, 1.807) is 14.2 Å². The van der Waals surface area contributed by atoms with Crippen LogP contribution in [0.4, 0.5) is 4.79 Å². The van der Waals surface area contributed by atoms with Crippen molar-refractivity contribution >= 4 is 36.0 Å². The number of carbonyl (C=O) groups is 1. The number of guanidine groups is 1. The molecule has 1 atom stereocenters. The van der Waals surface area contributed by atoms with Crippen molar-refractivity contribution in [3.63, 3.8) is 0 Å². The molecule has 1 fully saturated rings. The van der Waals surface area contributed by atoms with Gasteiger partial charge in [-0.2, -0.15) is 0 Å². The molecule has 1 rings (SSSR count). The van der Waals surface area contributed by atoms with Crippen molar-refractivity contribution in [2.45, 2.75) is 91.0 Å². The Morgan fingerprint density at radius 1 is 1.04 bits per heavy atom. The topological polar surface area (TPSA) is 84.0 Å². The number of alkyl carbamates (subject to hydrolysis) is 1. The van der Waals surface area contributed by atoms with Gasteiger partial charge in [-0.3, -0.25) is 4.99 Å². The van der Waals surface area contributed by atoms with E-state index in [0.29, 0.717) is 12.6 Å². The summed E-state index contributed by atoms with van der Waals surface area (Å²) in [7, 11) is 3.52. The first-order chi connectivity index (χ1) is 12.4. The number of ether oxygens (including phenoxy) is 2. The first-order valence-corrected chi connectivity index (χ1v) is 9.94. The van der Waals surface area contributed by atoms with Crippen molar-refractivity contribution in [1.29, 1.82) is 0 Å². The van der Waals surface area contributed by atoms with Crippen molar-refractivity contribution in [2.24, 2.45) is 10.4 Å². The van der Waals surface area contributed by atoms with E-state index < -0.39 is 5.60 Å². The summed E-state index contributed by atoms with van der Waals surface area (Å²) < 4.78 is 10.9. The molecule has 0 spiro atoms. The number of amides is 1. The lowest BCUT2D eigenvalue weighted by molar-refractivity contribution is 0.0205. The monoisotopic (exact) mass is 512 g/mol. The molecule has 1 unspecified atom stereocenters. The Morgan fingerprint density at radius 3 is 1.93 bits per heavy atom. The van der Waals surface area contributed by atoms with Gasteiger partial charge >= 0.3 is 6.09 Å². The number of methoxy groups -OCH3 is 1. The number of nitrogens with one attached hydrogen (secondary N) is 3. The summed E-state index contributed by atoms with van der Waals surface area (Å²) in [5, 5.41) is 9.83. The van der Waals surface area contributed by atoms with Gasteiger partial charge in [0.25, 0.3) is 0 Å². The Labute approximate surface area is 188 Å². The van der Waals surface area contributed by atoms with Gasteiger partial charge in [0.2, 0.25) is 0 Å². The van der Waals surface area contributed by atoms with E-state index in [0.717, 1.165) is 31.6 Å². The van der Waals surface area contributed by atoms with Crippen LogP contribution in [0.25, 0.3) is 0 Å². The molecule has 0 aromatic rings. The predicted octanol–water partition coefficient (Wildman–Crippen LogP) is 3.67. The average Bonchev–Trinajstić information content (AvgIpc) is 2.52. The normalized spacial score (nSPS) is 21.9. The standard InChI is InChI=1S/C20H40N4O3.HI/c1-19(2,3)16(26-8)13-22-17(21-7)23-14-9-11-15(12-10-14)24-18(25)27-20(4,5)6;/h14-16H,9-13H2,1-8H3,(H,24,25)(H2,21,22,23);1H. The maximum atomic E-state index is 11.9. The Bertz CT molecular complexity index is 493. The molecule has 0 radical (unpaired) electrons. The third-order valence-corrected chi connectivity index (χ3v) is 4.72. The largest absolute Gasteiger partial charge is 0.444 e. The van der Waals surface area contributed by atoms with Crippen LogP contribution in [0.15, 0.2) is 4.99 Å². The molecule has 0 aromatic heterocycles. The Kier molecular flexibility index (Phi) is 11.7. The van der Waals surface area contributed by atoms with Gasteiger partial charge in [0.1, 0.15) is 5.60 Å². The van der Waals surface area contributed by atoms with Gasteiger partial charge in [0.15, 0.2) is 5.96 Å². The SMILES string of the molecule is CN=C(NCC(OC)C(C)(C)C)NC1CCC(NC(=O)OC(C)(C)C)CC1.I. The zero-order valence-electron chi connectivity index (χ0n) is 18.8. The highest BCUT2D eigenvalue weighted by Gasteiger charge is 2.27. The molecule has 0 saturated heterocycles. The fraction of sp³-hybridized carbons (Fsp3) is 0.900. The third kappa shape index (κ3) is 10.7. The van der Waals surface area contributed by atoms with Crippen LogP contribution in [-0.4, -0.2) is 56.5 Å². The highest BCUT2D eigenvalue weighted by atomic mass is 127. The second kappa shape index (κ2) is 12.0. The second-order valence-corrected chi connectivity index (χ2v) is 9.38. The Morgan fingerprint density at radius 2 is 1.54 bits per heavy atom. The molecule has 28 heavy (non-hydrogen) atoms. The number of rotatable bonds is 5. The number of aliphatic imine (C=N–C) groups is 1. The van der Waals surface area contributed by atoms with Crippen molar-refractivity contribution < 1.29 is 14.3 Å². The highest BCUT2D eigenvalue weighted by molar-refractivity contribution is 14.0. The maximum absolute atomic E-state index is 11.9. The van der Waals surface area contributed by atoms with Gasteiger partial charge in [-0.05, 0) is 51.9 Å². The van der Waals surface area contributed by atoms with Crippen molar-refractivity contribution in [1.82, 2.24) is 16.0 Å². The van der Waals surface area contributed by atoms with Crippen LogP contribution in [-0.2, 0) is 9.47 Å². The first kappa shape index (κ1) is 27.2. The van der Waals surface area contributed by atoms with E-state index in [2.05, 4.69) is 41.7 Å². The molecule has 0 aromatic carbocycles. The van der Waals surface area contributed by atoms with Crippen LogP contribution in [0.2, 0.25) is 0 Å². The highest BCUT2D eigenvalue weighted by Crippen LogP contribution is 2.21. The molecule has 1 aliphatic carbocycles. The number of halogens is 1. The van der Waals surface area contributed by atoms with Gasteiger partial charge < -0.3 is 25.4 Å². The summed E-state index contributed by atoms with van der Waals surface area (Å²) in [6, 6.07) is 0.523. The lowest BCUT2D eigenvalue weighted by Crippen LogP contribution is -2.50. The van der Waals surface area contributed by atoms with E-state index in [9.17, 15) is 4.79 Å². The van der Waals surface area contributed by atoms with E-state index in [1.165, 1.54) is 0 Å². The molecule has 1 amide bonds. The van der Waals surface area contributed by atoms with Crippen LogP contribution in [0.5, 0.6) is 0 Å². The average molecular weight is 512 g/mol. The molecule has 3 N–H and O–H groups in total. The smallest absolute Gasteiger partial charge is 0.407 e. The molecule has 8 heteroatoms. The lowest BCUT2D eigenvalue weighted by Gasteiger charge is -2.33. The summed E-state index contributed by atoms with van der Waals surface area (Å²) in [6.07, 6.45) is 3.59. The number of hydrogen-bond acceptors (Lipinski definition) is 4. The van der Waals surface area contributed by atoms with Crippen LogP contribution in [0, 0.1) is 5.41 Å². The number of hydrogen-bond donors (Lipinski definition) is 3. The molecule has 7 nitrogen and oxygen atoms in total. The Balaban J connectivity index is 0.00000729. The van der Waals surface area contributed by atoms with E-state index in [-0.39, 0.29) is 47.6 Å². The molecule has 0 aliphatic heterocycles. The van der Waals surface area contributed by atoms with Gasteiger partial charge in [-0.15, -0.1) is 24.0 Å². The van der Waals surface area contributed by atoms with Gasteiger partial charge in [0, 0.05) is 32.8 Å². The van der Waals surface area contributed by atoms with Crippen molar-refractivity contribution in [2.75, 3.05) is 20.7 Å². The minimum Gasteiger partial charge on any atom is -0.444 e. The van der Waals surface area contributed by atoms with Crippen LogP contribution in [0.3, 0.4) is 0 Å². The quantitative estimate of drug-likeness (QED) is 0.298. The summed E-state index contributed by atoms with van der Waals surface area (Å²) >= 11 is 0. The lowest BCUT2D eigenvalue weighted by atomic mass is 9.89. The Hall–Kier alpha value is -0.770. The molecule has 1 saturated carbocycles. The van der Waals surface area contributed by atoms with Crippen molar-refractivity contribution in [3.05, 3.63) is 0 Å². The molecular weight excluding hydrogens is 471 g/mol. The van der Waals surface area contributed by atoms with Gasteiger partial charge in [-0.25, -0.2) is 4.79 Å². The summed E-state index contributed by atoms with van der Waals surface area (Å²) in [6.45, 7) is 12.8. The van der Waals surface area contributed by atoms with Gasteiger partial charge in [-0.1, -0.05) is 20.8 Å². The zero-order chi connectivity index (χ0) is 20.7. The zero-order valence-corrected chi connectivity index (χ0v) is 21.2. The van der Waals surface area contributed by atoms with Crippen molar-refractivity contribution in [3.8, 4) is 0 Å². The van der Waals surface area contributed by atoms with E-state index in [4.69, 9.17) is 9.47 Å². The minimum atomic E-state index is -0.464. The van der Waals surface area contributed by atoms with E-state index in [1.807, 2.05) is 20.8 Å². The fourth-order valence-electron chi connectivity index (χ4n) is 3.18. The minimum absolute atomic E-state index is 0. The summed E-state index contributed by atoms with van der Waals surface area (Å²) in [5.74, 6) is 0.796. The van der Waals surface area contributed by atoms with Crippen LogP contribution >= 0.6 is 24.0 Å². The fourth-order valence-corrected chi connectivity index (χ4v) is 3.18. The van der Waals surface area contributed by atoms with E-state index >= 15 is 0 Å². The van der Waals surface area contributed by atoms with Crippen LogP contribution < -0.4 is 16.0 Å². The number of nitrogens with zero attached hydrogens (tertiary/aromatic N) is 1. The molecular formula is C20H41IN4O3. The van der Waals surface area contributed by atoms with Crippen LogP contribution in [0.1, 0.15) is 67.2 Å². The molecule has 0 heterocycles. The third-order valence-electron chi connectivity index (χ3n) is 4.72. The van der Waals surface area contributed by atoms with Gasteiger partial charge in [0.05, 0.1) is 6.10 Å². The number of carbonyl (C=O) groups excluding carboxylic acids is 1. The molecule has 1 aliphatic rings.